The van der Waals surface area contributed by atoms with Crippen molar-refractivity contribution in [1.82, 2.24) is 19.1 Å². The van der Waals surface area contributed by atoms with Gasteiger partial charge in [0, 0.05) is 7.05 Å². The molecule has 92 valence electrons. The minimum absolute atomic E-state index is 0.0655. The minimum Gasteiger partial charge on any atom is -0.394 e. The van der Waals surface area contributed by atoms with Crippen LogP contribution in [-0.2, 0) is 18.5 Å². The molecule has 2 aromatic heterocycles. The van der Waals surface area contributed by atoms with Gasteiger partial charge in [-0.05, 0) is 0 Å². The minimum atomic E-state index is -0.298. The molecule has 0 amide bonds. The third kappa shape index (κ3) is 1.99. The highest BCUT2D eigenvalue weighted by Gasteiger charge is 2.11. The van der Waals surface area contributed by atoms with E-state index in [0.29, 0.717) is 5.65 Å². The topological polar surface area (TPSA) is 108 Å². The van der Waals surface area contributed by atoms with Crippen LogP contribution in [-0.4, -0.2) is 37.4 Å². The molecule has 2 heterocycles. The standard InChI is InChI=1S/C9H13N5O3/c1-13-8(16)6-7(12-9(13)10)14(4-11-6)5-17-3-2-15/h4,15H,2-3,5H2,1H3,(H2,10,12)/i1-1. The second-order valence-electron chi connectivity index (χ2n) is 3.48. The van der Waals surface area contributed by atoms with Gasteiger partial charge in [0.1, 0.15) is 6.73 Å². The Bertz CT molecular complexity index is 588. The highest BCUT2D eigenvalue weighted by Crippen LogP contribution is 2.07. The number of fused-ring (bicyclic) bond motifs is 1. The molecule has 3 N–H and O–H groups in total. The Labute approximate surface area is 96.3 Å². The lowest BCUT2D eigenvalue weighted by molar-refractivity contribution is 0.0499. The molecule has 2 aromatic rings. The van der Waals surface area contributed by atoms with Crippen LogP contribution >= 0.6 is 0 Å². The Kier molecular flexibility index (Phi) is 3.07. The maximum Gasteiger partial charge on any atom is 0.282 e. The number of nitrogens with zero attached hydrogens (tertiary/aromatic N) is 4. The third-order valence-electron chi connectivity index (χ3n) is 2.35. The van der Waals surface area contributed by atoms with Crippen molar-refractivity contribution in [3.05, 3.63) is 16.7 Å². The van der Waals surface area contributed by atoms with Gasteiger partial charge in [-0.15, -0.1) is 0 Å². The first kappa shape index (κ1) is 11.6. The van der Waals surface area contributed by atoms with E-state index in [1.54, 1.807) is 4.57 Å². The van der Waals surface area contributed by atoms with Crippen LogP contribution in [0.1, 0.15) is 0 Å². The molecule has 0 saturated carbocycles. The van der Waals surface area contributed by atoms with Crippen molar-refractivity contribution >= 4 is 17.1 Å². The maximum atomic E-state index is 11.8. The van der Waals surface area contributed by atoms with Gasteiger partial charge in [0.2, 0.25) is 5.95 Å². The number of nitrogens with two attached hydrogens (primary N) is 1. The fraction of sp³-hybridized carbons (Fsp3) is 0.444. The van der Waals surface area contributed by atoms with Crippen molar-refractivity contribution in [2.24, 2.45) is 7.05 Å². The lowest BCUT2D eigenvalue weighted by Gasteiger charge is -2.05. The van der Waals surface area contributed by atoms with Crippen molar-refractivity contribution < 1.29 is 9.84 Å². The summed E-state index contributed by atoms with van der Waals surface area (Å²) in [5.74, 6) is 0.117. The molecule has 0 aliphatic carbocycles. The van der Waals surface area contributed by atoms with Gasteiger partial charge in [-0.3, -0.25) is 13.9 Å². The van der Waals surface area contributed by atoms with Crippen molar-refractivity contribution in [2.45, 2.75) is 6.73 Å². The van der Waals surface area contributed by atoms with Gasteiger partial charge >= 0.3 is 0 Å². The van der Waals surface area contributed by atoms with Gasteiger partial charge in [0.25, 0.3) is 5.56 Å². The van der Waals surface area contributed by atoms with Crippen LogP contribution < -0.4 is 11.3 Å². The Morgan fingerprint density at radius 2 is 2.35 bits per heavy atom. The molecule has 0 atom stereocenters. The van der Waals surface area contributed by atoms with E-state index in [1.165, 1.54) is 17.9 Å². The number of rotatable bonds is 4. The zero-order valence-electron chi connectivity index (χ0n) is 9.33. The zero-order valence-corrected chi connectivity index (χ0v) is 9.33. The molecule has 17 heavy (non-hydrogen) atoms. The second kappa shape index (κ2) is 4.52. The Morgan fingerprint density at radius 3 is 3.06 bits per heavy atom. The molecule has 0 saturated heterocycles. The first-order valence-electron chi connectivity index (χ1n) is 5.01. The van der Waals surface area contributed by atoms with Gasteiger partial charge in [0.15, 0.2) is 11.2 Å². The number of ether oxygens (including phenoxy) is 1. The quantitative estimate of drug-likeness (QED) is 0.639. The average Bonchev–Trinajstić information content (AvgIpc) is 2.70. The number of hydrogen-bond donors (Lipinski definition) is 2. The number of nitrogen functional groups attached to an aromatic ring is 1. The molecule has 8 heteroatoms. The molecule has 2 rings (SSSR count). The highest BCUT2D eigenvalue weighted by atomic mass is 16.5. The van der Waals surface area contributed by atoms with Crippen LogP contribution in [0, 0.1) is 0 Å². The fourth-order valence-electron chi connectivity index (χ4n) is 1.41. The van der Waals surface area contributed by atoms with Gasteiger partial charge in [0.05, 0.1) is 19.5 Å². The van der Waals surface area contributed by atoms with Crippen molar-refractivity contribution in [3.8, 4) is 0 Å². The van der Waals surface area contributed by atoms with Gasteiger partial charge < -0.3 is 15.6 Å². The van der Waals surface area contributed by atoms with Crippen molar-refractivity contribution in [3.63, 3.8) is 0 Å². The van der Waals surface area contributed by atoms with E-state index in [4.69, 9.17) is 15.6 Å². The molecule has 0 bridgehead atoms. The number of anilines is 1. The van der Waals surface area contributed by atoms with E-state index < -0.39 is 0 Å². The Balaban J connectivity index is 2.43. The molecule has 0 unspecified atom stereocenters. The molecule has 0 aliphatic heterocycles. The summed E-state index contributed by atoms with van der Waals surface area (Å²) in [5, 5.41) is 8.59. The Hall–Kier alpha value is -1.93. The van der Waals surface area contributed by atoms with E-state index in [1.807, 2.05) is 0 Å². The van der Waals surface area contributed by atoms with E-state index >= 15 is 0 Å². The third-order valence-corrected chi connectivity index (χ3v) is 2.35. The predicted molar refractivity (Wildman–Crippen MR) is 60.2 cm³/mol. The number of aromatic nitrogens is 4. The predicted octanol–water partition coefficient (Wildman–Crippen LogP) is -1.32. The number of imidazole rings is 1. The van der Waals surface area contributed by atoms with E-state index in [0.717, 1.165) is 0 Å². The number of aliphatic hydroxyl groups is 1. The molecular formula is C9H13N5O3. The second-order valence-corrected chi connectivity index (χ2v) is 3.48. The summed E-state index contributed by atoms with van der Waals surface area (Å²) in [6.07, 6.45) is 1.45. The number of aliphatic hydroxyl groups excluding tert-OH is 1. The molecule has 0 aliphatic rings. The summed E-state index contributed by atoms with van der Waals surface area (Å²) in [4.78, 5) is 19.8. The zero-order chi connectivity index (χ0) is 12.4. The summed E-state index contributed by atoms with van der Waals surface area (Å²) in [6, 6.07) is 0. The van der Waals surface area contributed by atoms with Gasteiger partial charge in [-0.1, -0.05) is 0 Å². The maximum absolute atomic E-state index is 11.8. The SMILES string of the molecule is [11CH3]n1c(N)nc2c(ncn2COCCO)c1=O. The Morgan fingerprint density at radius 1 is 1.59 bits per heavy atom. The van der Waals surface area contributed by atoms with Crippen LogP contribution in [0.25, 0.3) is 11.2 Å². The summed E-state index contributed by atoms with van der Waals surface area (Å²) in [7, 11) is 1.53. The average molecular weight is 238 g/mol. The molecular weight excluding hydrogens is 225 g/mol. The van der Waals surface area contributed by atoms with Crippen LogP contribution in [0.15, 0.2) is 11.1 Å². The lowest BCUT2D eigenvalue weighted by atomic mass is 10.4. The summed E-state index contributed by atoms with van der Waals surface area (Å²) >= 11 is 0. The van der Waals surface area contributed by atoms with Crippen LogP contribution in [0.5, 0.6) is 0 Å². The lowest BCUT2D eigenvalue weighted by Crippen LogP contribution is -2.22. The molecule has 0 radical (unpaired) electrons. The number of hydrogen-bond acceptors (Lipinski definition) is 6. The van der Waals surface area contributed by atoms with Gasteiger partial charge in [-0.2, -0.15) is 4.98 Å². The smallest absolute Gasteiger partial charge is 0.282 e. The fourth-order valence-corrected chi connectivity index (χ4v) is 1.41. The molecule has 0 fully saturated rings. The van der Waals surface area contributed by atoms with Crippen molar-refractivity contribution in [1.29, 1.82) is 0 Å². The van der Waals surface area contributed by atoms with Gasteiger partial charge in [-0.25, -0.2) is 4.98 Å². The van der Waals surface area contributed by atoms with E-state index in [2.05, 4.69) is 9.97 Å². The molecule has 8 nitrogen and oxygen atoms in total. The normalized spacial score (nSPS) is 11.2. The van der Waals surface area contributed by atoms with E-state index in [-0.39, 0.29) is 37.0 Å². The summed E-state index contributed by atoms with van der Waals surface area (Å²) < 4.78 is 7.92. The van der Waals surface area contributed by atoms with Crippen LogP contribution in [0.2, 0.25) is 0 Å². The first-order chi connectivity index (χ1) is 8.15. The molecule has 0 aromatic carbocycles. The molecule has 0 spiro atoms. The summed E-state index contributed by atoms with van der Waals surface area (Å²) in [5.41, 5.74) is 5.92. The van der Waals surface area contributed by atoms with E-state index in [9.17, 15) is 4.79 Å². The van der Waals surface area contributed by atoms with Crippen LogP contribution in [0.4, 0.5) is 5.95 Å². The summed E-state index contributed by atoms with van der Waals surface area (Å²) in [6.45, 7) is 0.306. The van der Waals surface area contributed by atoms with Crippen LogP contribution in [0.3, 0.4) is 0 Å². The first-order valence-corrected chi connectivity index (χ1v) is 5.01. The van der Waals surface area contributed by atoms with Crippen molar-refractivity contribution in [2.75, 3.05) is 18.9 Å². The highest BCUT2D eigenvalue weighted by molar-refractivity contribution is 5.70. The monoisotopic (exact) mass is 238 g/mol. The largest absolute Gasteiger partial charge is 0.394 e.